The molecule has 5 nitrogen and oxygen atoms in total. The highest BCUT2D eigenvalue weighted by Crippen LogP contribution is 2.36. The molecule has 11 heteroatoms. The van der Waals surface area contributed by atoms with Crippen LogP contribution in [0.15, 0.2) is 54.7 Å². The number of nitrogens with zero attached hydrogens (tertiary/aromatic N) is 3. The molecule has 0 radical (unpaired) electrons. The molecule has 0 unspecified atom stereocenters. The molecule has 1 amide bonds. The molecule has 0 bridgehead atoms. The Morgan fingerprint density at radius 3 is 2.34 bits per heavy atom. The van der Waals surface area contributed by atoms with Crippen LogP contribution < -0.4 is 4.74 Å². The standard InChI is InChI=1S/C21H17F6N3O2/c1-29(12-13-6-3-4-9-17(13)32-2)19(31)16-11-28-30(18(16)21(25,26)27)15-8-5-7-14(10-15)20(22,23)24/h3-11H,12H2,1-2H3. The second-order valence-corrected chi connectivity index (χ2v) is 6.84. The average molecular weight is 457 g/mol. The number of methoxy groups -OCH3 is 1. The van der Waals surface area contributed by atoms with Crippen molar-refractivity contribution in [2.24, 2.45) is 0 Å². The Kier molecular flexibility index (Phi) is 6.20. The van der Waals surface area contributed by atoms with Crippen LogP contribution in [0.25, 0.3) is 5.69 Å². The lowest BCUT2D eigenvalue weighted by atomic mass is 10.1. The lowest BCUT2D eigenvalue weighted by molar-refractivity contribution is -0.143. The van der Waals surface area contributed by atoms with E-state index in [4.69, 9.17) is 4.74 Å². The number of carbonyl (C=O) groups is 1. The molecule has 2 aromatic carbocycles. The van der Waals surface area contributed by atoms with E-state index >= 15 is 0 Å². The summed E-state index contributed by atoms with van der Waals surface area (Å²) in [5.41, 5.74) is -3.30. The molecule has 32 heavy (non-hydrogen) atoms. The SMILES string of the molecule is COc1ccccc1CN(C)C(=O)c1cnn(-c2cccc(C(F)(F)F)c2)c1C(F)(F)F. The van der Waals surface area contributed by atoms with Gasteiger partial charge in [0.25, 0.3) is 5.91 Å². The molecule has 0 atom stereocenters. The van der Waals surface area contributed by atoms with Gasteiger partial charge in [-0.25, -0.2) is 4.68 Å². The molecule has 0 saturated carbocycles. The van der Waals surface area contributed by atoms with Gasteiger partial charge in [-0.2, -0.15) is 31.4 Å². The van der Waals surface area contributed by atoms with Crippen molar-refractivity contribution in [3.63, 3.8) is 0 Å². The Hall–Kier alpha value is -3.50. The van der Waals surface area contributed by atoms with Crippen molar-refractivity contribution in [1.29, 1.82) is 0 Å². The minimum atomic E-state index is -5.05. The topological polar surface area (TPSA) is 47.4 Å². The third-order valence-electron chi connectivity index (χ3n) is 4.63. The molecule has 1 heterocycles. The summed E-state index contributed by atoms with van der Waals surface area (Å²) >= 11 is 0. The van der Waals surface area contributed by atoms with Crippen LogP contribution in [-0.2, 0) is 18.9 Å². The minimum absolute atomic E-state index is 0.0606. The van der Waals surface area contributed by atoms with E-state index in [9.17, 15) is 31.1 Å². The van der Waals surface area contributed by atoms with Crippen molar-refractivity contribution in [1.82, 2.24) is 14.7 Å². The van der Waals surface area contributed by atoms with Gasteiger partial charge < -0.3 is 9.64 Å². The molecule has 0 aliphatic rings. The molecule has 0 fully saturated rings. The van der Waals surface area contributed by atoms with Crippen LogP contribution >= 0.6 is 0 Å². The number of carbonyl (C=O) groups excluding carboxylic acids is 1. The van der Waals surface area contributed by atoms with Gasteiger partial charge >= 0.3 is 12.4 Å². The Morgan fingerprint density at radius 2 is 1.72 bits per heavy atom. The van der Waals surface area contributed by atoms with Gasteiger partial charge in [0.1, 0.15) is 5.75 Å². The molecule has 0 aliphatic carbocycles. The van der Waals surface area contributed by atoms with E-state index in [2.05, 4.69) is 5.10 Å². The van der Waals surface area contributed by atoms with Gasteiger partial charge in [0, 0.05) is 19.2 Å². The molecule has 0 spiro atoms. The van der Waals surface area contributed by atoms with E-state index in [1.54, 1.807) is 24.3 Å². The van der Waals surface area contributed by atoms with Crippen molar-refractivity contribution < 1.29 is 35.9 Å². The second-order valence-electron chi connectivity index (χ2n) is 6.84. The number of hydrogen-bond acceptors (Lipinski definition) is 3. The molecular formula is C21H17F6N3O2. The smallest absolute Gasteiger partial charge is 0.434 e. The maximum Gasteiger partial charge on any atom is 0.434 e. The van der Waals surface area contributed by atoms with E-state index in [1.165, 1.54) is 14.2 Å². The third-order valence-corrected chi connectivity index (χ3v) is 4.63. The van der Waals surface area contributed by atoms with Crippen LogP contribution in [0.2, 0.25) is 0 Å². The van der Waals surface area contributed by atoms with Gasteiger partial charge in [-0.3, -0.25) is 4.79 Å². The zero-order valence-corrected chi connectivity index (χ0v) is 16.8. The first kappa shape index (κ1) is 23.2. The first-order valence-corrected chi connectivity index (χ1v) is 9.13. The Bertz CT molecular complexity index is 1120. The zero-order valence-electron chi connectivity index (χ0n) is 16.8. The van der Waals surface area contributed by atoms with Crippen LogP contribution in [0, 0.1) is 0 Å². The largest absolute Gasteiger partial charge is 0.496 e. The molecule has 0 aliphatic heterocycles. The van der Waals surface area contributed by atoms with Gasteiger partial charge in [0.2, 0.25) is 0 Å². The third kappa shape index (κ3) is 4.71. The lowest BCUT2D eigenvalue weighted by Gasteiger charge is -2.20. The molecule has 3 rings (SSSR count). The first-order valence-electron chi connectivity index (χ1n) is 9.13. The normalized spacial score (nSPS) is 12.0. The maximum atomic E-state index is 13.9. The average Bonchev–Trinajstić information content (AvgIpc) is 3.19. The number of amides is 1. The van der Waals surface area contributed by atoms with E-state index in [0.717, 1.165) is 23.1 Å². The number of rotatable bonds is 5. The van der Waals surface area contributed by atoms with Crippen LogP contribution in [0.5, 0.6) is 5.75 Å². The van der Waals surface area contributed by atoms with Crippen LogP contribution in [0.3, 0.4) is 0 Å². The zero-order chi connectivity index (χ0) is 23.7. The molecule has 0 saturated heterocycles. The quantitative estimate of drug-likeness (QED) is 0.496. The molecule has 1 aromatic heterocycles. The van der Waals surface area contributed by atoms with Crippen molar-refractivity contribution in [2.75, 3.05) is 14.2 Å². The molecule has 0 N–H and O–H groups in total. The molecule has 3 aromatic rings. The summed E-state index contributed by atoms with van der Waals surface area (Å²) in [5.74, 6) is -0.552. The van der Waals surface area contributed by atoms with Crippen LogP contribution in [0.1, 0.15) is 27.2 Å². The van der Waals surface area contributed by atoms with E-state index < -0.39 is 40.8 Å². The summed E-state index contributed by atoms with van der Waals surface area (Å²) in [6, 6.07) is 9.95. The monoisotopic (exact) mass is 457 g/mol. The van der Waals surface area contributed by atoms with Crippen molar-refractivity contribution >= 4 is 5.91 Å². The predicted molar refractivity (Wildman–Crippen MR) is 102 cm³/mol. The van der Waals surface area contributed by atoms with Gasteiger partial charge in [0.15, 0.2) is 5.69 Å². The van der Waals surface area contributed by atoms with E-state index in [0.29, 0.717) is 28.3 Å². The highest BCUT2D eigenvalue weighted by molar-refractivity contribution is 5.95. The fraction of sp³-hybridized carbons (Fsp3) is 0.238. The number of alkyl halides is 6. The van der Waals surface area contributed by atoms with Crippen molar-refractivity contribution in [3.05, 3.63) is 77.1 Å². The fourth-order valence-corrected chi connectivity index (χ4v) is 3.15. The highest BCUT2D eigenvalue weighted by Gasteiger charge is 2.41. The Morgan fingerprint density at radius 1 is 1.03 bits per heavy atom. The van der Waals surface area contributed by atoms with Crippen molar-refractivity contribution in [2.45, 2.75) is 18.9 Å². The fourth-order valence-electron chi connectivity index (χ4n) is 3.15. The molecule has 170 valence electrons. The van der Waals surface area contributed by atoms with Gasteiger partial charge in [0.05, 0.1) is 30.1 Å². The number of aromatic nitrogens is 2. The lowest BCUT2D eigenvalue weighted by Crippen LogP contribution is -2.29. The summed E-state index contributed by atoms with van der Waals surface area (Å²) in [6.07, 6.45) is -9.11. The predicted octanol–water partition coefficient (Wildman–Crippen LogP) is 5.19. The first-order chi connectivity index (χ1) is 14.9. The highest BCUT2D eigenvalue weighted by atomic mass is 19.4. The molecular weight excluding hydrogens is 440 g/mol. The summed E-state index contributed by atoms with van der Waals surface area (Å²) in [7, 11) is 2.72. The number of para-hydroxylation sites is 1. The van der Waals surface area contributed by atoms with Crippen molar-refractivity contribution in [3.8, 4) is 11.4 Å². The second kappa shape index (κ2) is 8.56. The number of halogens is 6. The van der Waals surface area contributed by atoms with Crippen LogP contribution in [0.4, 0.5) is 26.3 Å². The summed E-state index contributed by atoms with van der Waals surface area (Å²) in [4.78, 5) is 13.9. The van der Waals surface area contributed by atoms with Gasteiger partial charge in [-0.05, 0) is 24.3 Å². The Labute approximate surface area is 178 Å². The maximum absolute atomic E-state index is 13.9. The minimum Gasteiger partial charge on any atom is -0.496 e. The summed E-state index contributed by atoms with van der Waals surface area (Å²) in [6.45, 7) is -0.0606. The van der Waals surface area contributed by atoms with E-state index in [-0.39, 0.29) is 6.54 Å². The Balaban J connectivity index is 2.01. The summed E-state index contributed by atoms with van der Waals surface area (Å²) < 4.78 is 86.1. The van der Waals surface area contributed by atoms with Gasteiger partial charge in [-0.1, -0.05) is 24.3 Å². The van der Waals surface area contributed by atoms with E-state index in [1.807, 2.05) is 0 Å². The summed E-state index contributed by atoms with van der Waals surface area (Å²) in [5, 5.41) is 3.58. The number of benzene rings is 2. The number of ether oxygens (including phenoxy) is 1. The number of hydrogen-bond donors (Lipinski definition) is 0. The van der Waals surface area contributed by atoms with Gasteiger partial charge in [-0.15, -0.1) is 0 Å². The van der Waals surface area contributed by atoms with Crippen LogP contribution in [-0.4, -0.2) is 34.7 Å².